The molecule has 0 aliphatic heterocycles. The molecule has 2 N–H and O–H groups in total. The van der Waals surface area contributed by atoms with E-state index in [9.17, 15) is 0 Å². The monoisotopic (exact) mass is 144 g/mol. The van der Waals surface area contributed by atoms with Crippen molar-refractivity contribution >= 4 is 0 Å². The molecule has 0 saturated heterocycles. The fraction of sp³-hybridized carbons (Fsp3) is 1.00. The summed E-state index contributed by atoms with van der Waals surface area (Å²) >= 11 is 0. The molecule has 0 aliphatic rings. The first-order valence-electron chi connectivity index (χ1n) is 3.84. The van der Waals surface area contributed by atoms with Gasteiger partial charge < -0.3 is 10.6 Å². The smallest absolute Gasteiger partial charge is 0.0237 e. The normalized spacial score (nSPS) is 15.3. The molecule has 1 atom stereocenters. The lowest BCUT2D eigenvalue weighted by Crippen LogP contribution is -2.44. The van der Waals surface area contributed by atoms with Gasteiger partial charge in [0, 0.05) is 12.6 Å². The maximum Gasteiger partial charge on any atom is 0.0237 e. The zero-order chi connectivity index (χ0) is 8.20. The Hall–Kier alpha value is -0.0800. The van der Waals surface area contributed by atoms with E-state index in [-0.39, 0.29) is 0 Å². The van der Waals surface area contributed by atoms with Crippen molar-refractivity contribution in [3.8, 4) is 0 Å². The Bertz CT molecular complexity index is 83.7. The molecule has 10 heavy (non-hydrogen) atoms. The summed E-state index contributed by atoms with van der Waals surface area (Å²) in [5.74, 6) is 0. The lowest BCUT2D eigenvalue weighted by molar-refractivity contribution is 0.277. The Morgan fingerprint density at radius 1 is 1.20 bits per heavy atom. The van der Waals surface area contributed by atoms with E-state index in [1.54, 1.807) is 0 Å². The number of hydrogen-bond acceptors (Lipinski definition) is 2. The van der Waals surface area contributed by atoms with E-state index in [1.807, 2.05) is 14.1 Å². The first-order valence-corrected chi connectivity index (χ1v) is 3.84. The molecule has 0 radical (unpaired) electrons. The van der Waals surface area contributed by atoms with Gasteiger partial charge in [-0.2, -0.15) is 0 Å². The van der Waals surface area contributed by atoms with E-state index in [2.05, 4.69) is 31.4 Å². The minimum absolute atomic E-state index is 0.345. The Labute approximate surface area is 64.4 Å². The second-order valence-electron chi connectivity index (χ2n) is 3.76. The number of rotatable bonds is 3. The van der Waals surface area contributed by atoms with Crippen molar-refractivity contribution in [3.63, 3.8) is 0 Å². The SMILES string of the molecule is CNC[C@@H](NC)C(C)(C)C. The van der Waals surface area contributed by atoms with Crippen LogP contribution in [0.25, 0.3) is 0 Å². The quantitative estimate of drug-likeness (QED) is 0.613. The van der Waals surface area contributed by atoms with Gasteiger partial charge >= 0.3 is 0 Å². The molecule has 2 heteroatoms. The third kappa shape index (κ3) is 3.18. The van der Waals surface area contributed by atoms with Crippen molar-refractivity contribution in [3.05, 3.63) is 0 Å². The van der Waals surface area contributed by atoms with Crippen LogP contribution in [0.5, 0.6) is 0 Å². The van der Waals surface area contributed by atoms with E-state index in [0.29, 0.717) is 11.5 Å². The molecule has 0 aromatic heterocycles. The van der Waals surface area contributed by atoms with Gasteiger partial charge in [0.05, 0.1) is 0 Å². The molecule has 0 saturated carbocycles. The van der Waals surface area contributed by atoms with Gasteiger partial charge in [0.15, 0.2) is 0 Å². The van der Waals surface area contributed by atoms with E-state index in [4.69, 9.17) is 0 Å². The van der Waals surface area contributed by atoms with Crippen LogP contribution in [0.2, 0.25) is 0 Å². The Kier molecular flexibility index (Phi) is 3.91. The van der Waals surface area contributed by atoms with Crippen LogP contribution in [-0.2, 0) is 0 Å². The van der Waals surface area contributed by atoms with Crippen molar-refractivity contribution in [2.24, 2.45) is 5.41 Å². The predicted molar refractivity (Wildman–Crippen MR) is 46.2 cm³/mol. The summed E-state index contributed by atoms with van der Waals surface area (Å²) in [6.07, 6.45) is 0. The molecule has 0 spiro atoms. The molecular weight excluding hydrogens is 124 g/mol. The van der Waals surface area contributed by atoms with Gasteiger partial charge in [0.1, 0.15) is 0 Å². The summed E-state index contributed by atoms with van der Waals surface area (Å²) in [5, 5.41) is 6.44. The second kappa shape index (κ2) is 3.94. The standard InChI is InChI=1S/C8H20N2/c1-8(2,3)7(10-5)6-9-4/h7,9-10H,6H2,1-5H3/t7-/m1/s1. The van der Waals surface area contributed by atoms with Gasteiger partial charge in [-0.1, -0.05) is 20.8 Å². The van der Waals surface area contributed by atoms with Crippen molar-refractivity contribution in [1.29, 1.82) is 0 Å². The first-order chi connectivity index (χ1) is 4.52. The van der Waals surface area contributed by atoms with Crippen LogP contribution < -0.4 is 10.6 Å². The minimum Gasteiger partial charge on any atom is -0.318 e. The molecule has 2 nitrogen and oxygen atoms in total. The van der Waals surface area contributed by atoms with Crippen LogP contribution >= 0.6 is 0 Å². The molecular formula is C8H20N2. The fourth-order valence-electron chi connectivity index (χ4n) is 1.05. The third-order valence-corrected chi connectivity index (χ3v) is 1.80. The summed E-state index contributed by atoms with van der Waals surface area (Å²) < 4.78 is 0. The van der Waals surface area contributed by atoms with E-state index < -0.39 is 0 Å². The fourth-order valence-corrected chi connectivity index (χ4v) is 1.05. The molecule has 0 heterocycles. The Morgan fingerprint density at radius 2 is 1.70 bits per heavy atom. The Morgan fingerprint density at radius 3 is 1.80 bits per heavy atom. The lowest BCUT2D eigenvalue weighted by atomic mass is 9.87. The van der Waals surface area contributed by atoms with Crippen molar-refractivity contribution in [2.75, 3.05) is 20.6 Å². The van der Waals surface area contributed by atoms with Gasteiger partial charge in [-0.05, 0) is 19.5 Å². The highest BCUT2D eigenvalue weighted by Crippen LogP contribution is 2.17. The van der Waals surface area contributed by atoms with Crippen LogP contribution in [0, 0.1) is 5.41 Å². The van der Waals surface area contributed by atoms with Crippen molar-refractivity contribution in [2.45, 2.75) is 26.8 Å². The van der Waals surface area contributed by atoms with E-state index in [0.717, 1.165) is 6.54 Å². The molecule has 0 bridgehead atoms. The predicted octanol–water partition coefficient (Wildman–Crippen LogP) is 0.840. The number of hydrogen-bond donors (Lipinski definition) is 2. The average Bonchev–Trinajstić information content (AvgIpc) is 1.80. The molecule has 0 unspecified atom stereocenters. The van der Waals surface area contributed by atoms with Crippen molar-refractivity contribution < 1.29 is 0 Å². The molecule has 0 aromatic carbocycles. The van der Waals surface area contributed by atoms with Gasteiger partial charge in [-0.25, -0.2) is 0 Å². The van der Waals surface area contributed by atoms with Gasteiger partial charge in [0.25, 0.3) is 0 Å². The summed E-state index contributed by atoms with van der Waals surface area (Å²) in [6, 6.07) is 0.553. The van der Waals surface area contributed by atoms with Crippen LogP contribution in [0.1, 0.15) is 20.8 Å². The second-order valence-corrected chi connectivity index (χ2v) is 3.76. The highest BCUT2D eigenvalue weighted by molar-refractivity contribution is 4.80. The number of likely N-dealkylation sites (N-methyl/N-ethyl adjacent to an activating group) is 2. The highest BCUT2D eigenvalue weighted by Gasteiger charge is 2.21. The zero-order valence-electron chi connectivity index (χ0n) is 7.78. The van der Waals surface area contributed by atoms with Gasteiger partial charge in [0.2, 0.25) is 0 Å². The van der Waals surface area contributed by atoms with Crippen LogP contribution in [0.4, 0.5) is 0 Å². The van der Waals surface area contributed by atoms with E-state index in [1.165, 1.54) is 0 Å². The summed E-state index contributed by atoms with van der Waals surface area (Å²) in [7, 11) is 3.99. The maximum absolute atomic E-state index is 3.28. The van der Waals surface area contributed by atoms with Crippen LogP contribution in [0.3, 0.4) is 0 Å². The van der Waals surface area contributed by atoms with Crippen LogP contribution in [-0.4, -0.2) is 26.7 Å². The molecule has 0 rings (SSSR count). The summed E-state index contributed by atoms with van der Waals surface area (Å²) in [4.78, 5) is 0. The largest absolute Gasteiger partial charge is 0.318 e. The van der Waals surface area contributed by atoms with Gasteiger partial charge in [-0.3, -0.25) is 0 Å². The Balaban J connectivity index is 3.81. The molecule has 0 aliphatic carbocycles. The van der Waals surface area contributed by atoms with E-state index >= 15 is 0 Å². The topological polar surface area (TPSA) is 24.1 Å². The summed E-state index contributed by atoms with van der Waals surface area (Å²) in [5.41, 5.74) is 0.345. The molecule has 62 valence electrons. The maximum atomic E-state index is 3.28. The average molecular weight is 144 g/mol. The highest BCUT2D eigenvalue weighted by atomic mass is 15.0. The minimum atomic E-state index is 0.345. The van der Waals surface area contributed by atoms with Crippen molar-refractivity contribution in [1.82, 2.24) is 10.6 Å². The summed E-state index contributed by atoms with van der Waals surface area (Å²) in [6.45, 7) is 7.75. The first kappa shape index (κ1) is 9.92. The zero-order valence-corrected chi connectivity index (χ0v) is 7.78. The van der Waals surface area contributed by atoms with Gasteiger partial charge in [-0.15, -0.1) is 0 Å². The number of nitrogens with one attached hydrogen (secondary N) is 2. The van der Waals surface area contributed by atoms with Crippen LogP contribution in [0.15, 0.2) is 0 Å². The molecule has 0 aromatic rings. The lowest BCUT2D eigenvalue weighted by Gasteiger charge is -2.30. The molecule has 0 amide bonds. The third-order valence-electron chi connectivity index (χ3n) is 1.80. The molecule has 0 fully saturated rings.